The van der Waals surface area contributed by atoms with E-state index < -0.39 is 16.4 Å². The molecule has 11 heteroatoms. The molecule has 2 aliphatic heterocycles. The Morgan fingerprint density at radius 2 is 1.88 bits per heavy atom. The minimum atomic E-state index is -0.592. The lowest BCUT2D eigenvalue weighted by molar-refractivity contribution is -0.121. The molecule has 3 aliphatic rings. The van der Waals surface area contributed by atoms with Crippen molar-refractivity contribution in [1.29, 1.82) is 0 Å². The van der Waals surface area contributed by atoms with Crippen molar-refractivity contribution in [3.63, 3.8) is 0 Å². The van der Waals surface area contributed by atoms with Crippen LogP contribution in [0.2, 0.25) is 0 Å². The zero-order chi connectivity index (χ0) is 29.9. The van der Waals surface area contributed by atoms with Gasteiger partial charge in [0, 0.05) is 42.7 Å². The van der Waals surface area contributed by atoms with E-state index in [1.807, 2.05) is 57.7 Å². The molecule has 1 aromatic rings. The van der Waals surface area contributed by atoms with Gasteiger partial charge in [-0.1, -0.05) is 12.8 Å². The fourth-order valence-corrected chi connectivity index (χ4v) is 7.55. The highest BCUT2D eigenvalue weighted by Crippen LogP contribution is 2.53. The fraction of sp³-hybridized carbons (Fsp3) is 0.667. The third-order valence-electron chi connectivity index (χ3n) is 7.87. The van der Waals surface area contributed by atoms with Crippen LogP contribution in [-0.2, 0) is 14.3 Å². The van der Waals surface area contributed by atoms with Crippen LogP contribution in [0.3, 0.4) is 0 Å². The minimum absolute atomic E-state index is 0.0322. The first-order chi connectivity index (χ1) is 19.3. The summed E-state index contributed by atoms with van der Waals surface area (Å²) in [6.07, 6.45) is 4.29. The molecular weight excluding hydrogens is 544 g/mol. The Balaban J connectivity index is 1.59. The van der Waals surface area contributed by atoms with E-state index in [1.54, 1.807) is 21.6 Å². The van der Waals surface area contributed by atoms with Gasteiger partial charge in [-0.3, -0.25) is 9.59 Å². The number of alkyl carbamates (subject to hydrolysis) is 1. The normalized spacial score (nSPS) is 20.2. The Hall–Kier alpha value is -2.95. The first-order valence-electron chi connectivity index (χ1n) is 14.6. The molecule has 226 valence electrons. The van der Waals surface area contributed by atoms with Gasteiger partial charge in [0.25, 0.3) is 5.91 Å². The molecule has 10 nitrogen and oxygen atoms in total. The number of carbonyl (C=O) groups excluding carboxylic acids is 4. The van der Waals surface area contributed by atoms with Gasteiger partial charge in [-0.25, -0.2) is 9.59 Å². The average molecular weight is 589 g/mol. The van der Waals surface area contributed by atoms with Gasteiger partial charge in [0.1, 0.15) is 5.60 Å². The van der Waals surface area contributed by atoms with E-state index in [4.69, 9.17) is 9.47 Å². The molecule has 4 amide bonds. The van der Waals surface area contributed by atoms with Crippen molar-refractivity contribution in [3.8, 4) is 0 Å². The van der Waals surface area contributed by atoms with Crippen molar-refractivity contribution in [3.05, 3.63) is 23.8 Å². The van der Waals surface area contributed by atoms with E-state index in [-0.39, 0.29) is 43.1 Å². The zero-order valence-electron chi connectivity index (χ0n) is 25.2. The number of ether oxygens (including phenoxy) is 2. The second-order valence-corrected chi connectivity index (χ2v) is 13.8. The van der Waals surface area contributed by atoms with Gasteiger partial charge in [0.05, 0.1) is 23.6 Å². The predicted molar refractivity (Wildman–Crippen MR) is 158 cm³/mol. The molecule has 41 heavy (non-hydrogen) atoms. The summed E-state index contributed by atoms with van der Waals surface area (Å²) in [6.45, 7) is 11.0. The number of nitrogens with one attached hydrogen (secondary N) is 1. The lowest BCUT2D eigenvalue weighted by Crippen LogP contribution is -2.54. The van der Waals surface area contributed by atoms with Crippen LogP contribution in [-0.4, -0.2) is 89.5 Å². The molecule has 0 aromatic heterocycles. The number of methoxy groups -OCH3 is 1. The number of hydrogen-bond donors (Lipinski definition) is 1. The zero-order valence-corrected chi connectivity index (χ0v) is 26.0. The number of rotatable bonds is 6. The highest BCUT2D eigenvalue weighted by atomic mass is 32.2. The SMILES string of the molecule is COC(=O)NCCN1C(=O)C2(CCCC2)Sc2ccc(C(=O)N(C(C)C)[C@@H]3CCCN(C(=O)OC(C)(C)C)C3)cc21. The molecule has 1 N–H and O–H groups in total. The fourth-order valence-electron chi connectivity index (χ4n) is 6.03. The van der Waals surface area contributed by atoms with E-state index in [1.165, 1.54) is 7.11 Å². The molecule has 1 atom stereocenters. The van der Waals surface area contributed by atoms with Crippen LogP contribution in [0.5, 0.6) is 0 Å². The quantitative estimate of drug-likeness (QED) is 0.496. The number of piperidine rings is 1. The van der Waals surface area contributed by atoms with Crippen molar-refractivity contribution in [1.82, 2.24) is 15.1 Å². The molecule has 2 fully saturated rings. The van der Waals surface area contributed by atoms with E-state index in [0.717, 1.165) is 43.4 Å². The van der Waals surface area contributed by atoms with Crippen LogP contribution in [0, 0.1) is 0 Å². The minimum Gasteiger partial charge on any atom is -0.453 e. The molecule has 1 saturated carbocycles. The van der Waals surface area contributed by atoms with Crippen LogP contribution < -0.4 is 10.2 Å². The van der Waals surface area contributed by atoms with Crippen LogP contribution >= 0.6 is 11.8 Å². The van der Waals surface area contributed by atoms with E-state index in [9.17, 15) is 19.2 Å². The second kappa shape index (κ2) is 12.5. The number of thioether (sulfide) groups is 1. The molecule has 1 aromatic carbocycles. The Labute approximate surface area is 247 Å². The summed E-state index contributed by atoms with van der Waals surface area (Å²) in [7, 11) is 1.30. The molecule has 1 saturated heterocycles. The summed E-state index contributed by atoms with van der Waals surface area (Å²) >= 11 is 1.61. The third-order valence-corrected chi connectivity index (χ3v) is 9.41. The number of benzene rings is 1. The van der Waals surface area contributed by atoms with Gasteiger partial charge in [0.2, 0.25) is 5.91 Å². The maximum Gasteiger partial charge on any atom is 0.410 e. The Morgan fingerprint density at radius 1 is 1.17 bits per heavy atom. The van der Waals surface area contributed by atoms with Crippen LogP contribution in [0.25, 0.3) is 0 Å². The predicted octanol–water partition coefficient (Wildman–Crippen LogP) is 5.04. The molecule has 4 rings (SSSR count). The molecule has 1 aliphatic carbocycles. The standard InChI is InChI=1S/C30H44N4O6S/c1-20(2)34(22-10-9-16-32(19-22)28(38)40-29(3,4)5)25(35)21-11-12-24-23(18-21)33(17-15-31-27(37)39-6)26(36)30(41-24)13-7-8-14-30/h11-12,18,20,22H,7-10,13-17,19H2,1-6H3,(H,31,37)/t22-/m1/s1. The summed E-state index contributed by atoms with van der Waals surface area (Å²) in [5.41, 5.74) is 0.595. The highest BCUT2D eigenvalue weighted by Gasteiger charge is 2.49. The summed E-state index contributed by atoms with van der Waals surface area (Å²) in [4.78, 5) is 58.6. The Kier molecular flexibility index (Phi) is 9.45. The van der Waals surface area contributed by atoms with Gasteiger partial charge >= 0.3 is 12.2 Å². The molecule has 1 spiro atoms. The van der Waals surface area contributed by atoms with Gasteiger partial charge in [-0.05, 0) is 78.5 Å². The summed E-state index contributed by atoms with van der Waals surface area (Å²) in [6, 6.07) is 5.36. The van der Waals surface area contributed by atoms with E-state index >= 15 is 0 Å². The van der Waals surface area contributed by atoms with Crippen molar-refractivity contribution in [2.75, 3.05) is 38.2 Å². The lowest BCUT2D eigenvalue weighted by atomic mass is 10.0. The summed E-state index contributed by atoms with van der Waals surface area (Å²) in [5.74, 6) is -0.102. The van der Waals surface area contributed by atoms with Crippen LogP contribution in [0.4, 0.5) is 15.3 Å². The van der Waals surface area contributed by atoms with Gasteiger partial charge < -0.3 is 29.5 Å². The summed E-state index contributed by atoms with van der Waals surface area (Å²) < 4.78 is 9.79. The smallest absolute Gasteiger partial charge is 0.410 e. The van der Waals surface area contributed by atoms with Crippen molar-refractivity contribution in [2.45, 2.75) is 100 Å². The van der Waals surface area contributed by atoms with Crippen molar-refractivity contribution < 1.29 is 28.7 Å². The topological polar surface area (TPSA) is 108 Å². The molecule has 2 heterocycles. The molecule has 0 radical (unpaired) electrons. The number of fused-ring (bicyclic) bond motifs is 1. The van der Waals surface area contributed by atoms with Gasteiger partial charge in [-0.2, -0.15) is 0 Å². The van der Waals surface area contributed by atoms with Crippen LogP contribution in [0.1, 0.15) is 83.5 Å². The van der Waals surface area contributed by atoms with Gasteiger partial charge in [-0.15, -0.1) is 11.8 Å². The van der Waals surface area contributed by atoms with Gasteiger partial charge in [0.15, 0.2) is 0 Å². The summed E-state index contributed by atoms with van der Waals surface area (Å²) in [5, 5.41) is 2.67. The number of carbonyl (C=O) groups is 4. The number of nitrogens with zero attached hydrogens (tertiary/aromatic N) is 3. The Morgan fingerprint density at radius 3 is 2.51 bits per heavy atom. The second-order valence-electron chi connectivity index (χ2n) is 12.4. The average Bonchev–Trinajstić information content (AvgIpc) is 3.38. The lowest BCUT2D eigenvalue weighted by Gasteiger charge is -2.42. The number of hydrogen-bond acceptors (Lipinski definition) is 7. The monoisotopic (exact) mass is 588 g/mol. The number of anilines is 1. The third kappa shape index (κ3) is 6.93. The first-order valence-corrected chi connectivity index (χ1v) is 15.4. The van der Waals surface area contributed by atoms with E-state index in [2.05, 4.69) is 5.32 Å². The Bertz CT molecular complexity index is 1160. The largest absolute Gasteiger partial charge is 0.453 e. The number of amides is 4. The number of likely N-dealkylation sites (tertiary alicyclic amines) is 1. The maximum atomic E-state index is 14.1. The van der Waals surface area contributed by atoms with E-state index in [0.29, 0.717) is 24.3 Å². The van der Waals surface area contributed by atoms with Crippen molar-refractivity contribution in [2.24, 2.45) is 0 Å². The molecule has 0 unspecified atom stereocenters. The molecular formula is C30H44N4O6S. The van der Waals surface area contributed by atoms with Crippen molar-refractivity contribution >= 4 is 41.5 Å². The van der Waals surface area contributed by atoms with Crippen LogP contribution in [0.15, 0.2) is 23.1 Å². The molecule has 0 bridgehead atoms. The highest BCUT2D eigenvalue weighted by molar-refractivity contribution is 8.01. The first kappa shape index (κ1) is 31.0. The maximum absolute atomic E-state index is 14.1.